The van der Waals surface area contributed by atoms with Crippen LogP contribution in [0.4, 0.5) is 0 Å². The van der Waals surface area contributed by atoms with Gasteiger partial charge < -0.3 is 15.0 Å². The van der Waals surface area contributed by atoms with Crippen molar-refractivity contribution >= 4 is 17.5 Å². The van der Waals surface area contributed by atoms with E-state index in [1.165, 1.54) is 12.8 Å². The topological polar surface area (TPSA) is 41.6 Å². The van der Waals surface area contributed by atoms with E-state index in [1.807, 2.05) is 32.0 Å². The van der Waals surface area contributed by atoms with Crippen molar-refractivity contribution in [1.29, 1.82) is 0 Å². The Hall–Kier alpha value is -1.26. The summed E-state index contributed by atoms with van der Waals surface area (Å²) < 4.78 is 5.69. The van der Waals surface area contributed by atoms with Crippen molar-refractivity contribution in [3.05, 3.63) is 28.8 Å². The maximum Gasteiger partial charge on any atom is 0.260 e. The van der Waals surface area contributed by atoms with E-state index >= 15 is 0 Å². The van der Waals surface area contributed by atoms with Crippen LogP contribution < -0.4 is 10.1 Å². The van der Waals surface area contributed by atoms with E-state index in [0.717, 1.165) is 5.56 Å². The van der Waals surface area contributed by atoms with Gasteiger partial charge >= 0.3 is 0 Å². The Bertz CT molecular complexity index is 501. The summed E-state index contributed by atoms with van der Waals surface area (Å²) in [5.41, 5.74) is 0.922. The number of rotatable bonds is 7. The average molecular weight is 311 g/mol. The number of nitrogens with one attached hydrogen (secondary N) is 1. The van der Waals surface area contributed by atoms with E-state index in [2.05, 4.69) is 5.32 Å². The molecule has 5 heteroatoms. The first-order valence-corrected chi connectivity index (χ1v) is 7.76. The van der Waals surface area contributed by atoms with Gasteiger partial charge in [-0.2, -0.15) is 0 Å². The van der Waals surface area contributed by atoms with Gasteiger partial charge in [0.2, 0.25) is 0 Å². The maximum absolute atomic E-state index is 12.0. The molecule has 0 spiro atoms. The van der Waals surface area contributed by atoms with Gasteiger partial charge in [-0.05, 0) is 38.8 Å². The highest BCUT2D eigenvalue weighted by Gasteiger charge is 2.21. The van der Waals surface area contributed by atoms with Crippen LogP contribution >= 0.6 is 11.6 Å². The molecule has 0 unspecified atom stereocenters. The second-order valence-electron chi connectivity index (χ2n) is 5.76. The zero-order valence-electron chi connectivity index (χ0n) is 12.9. The fourth-order valence-corrected chi connectivity index (χ4v) is 2.14. The minimum absolute atomic E-state index is 0.0332. The van der Waals surface area contributed by atoms with Crippen molar-refractivity contribution < 1.29 is 9.53 Å². The number of hydrogen-bond acceptors (Lipinski definition) is 3. The van der Waals surface area contributed by atoms with Crippen molar-refractivity contribution in [2.75, 3.05) is 13.7 Å². The molecule has 1 aromatic rings. The van der Waals surface area contributed by atoms with E-state index in [-0.39, 0.29) is 18.6 Å². The summed E-state index contributed by atoms with van der Waals surface area (Å²) in [6.45, 7) is 4.66. The first-order chi connectivity index (χ1) is 9.99. The molecule has 1 amide bonds. The predicted molar refractivity (Wildman–Crippen MR) is 84.7 cm³/mol. The molecule has 0 heterocycles. The minimum atomic E-state index is -0.0360. The summed E-state index contributed by atoms with van der Waals surface area (Å²) in [7, 11) is 1.78. The molecule has 1 aliphatic rings. The molecular weight excluding hydrogens is 288 g/mol. The Morgan fingerprint density at radius 3 is 2.81 bits per heavy atom. The SMILES string of the molecule is CC(C)N(C)C(=O)COc1cccc(Cl)c1CNC1CC1. The third-order valence-corrected chi connectivity index (χ3v) is 4.09. The molecule has 1 saturated carbocycles. The molecule has 2 rings (SSSR count). The Morgan fingerprint density at radius 1 is 1.48 bits per heavy atom. The van der Waals surface area contributed by atoms with Gasteiger partial charge in [-0.1, -0.05) is 17.7 Å². The molecule has 1 aromatic carbocycles. The summed E-state index contributed by atoms with van der Waals surface area (Å²) in [4.78, 5) is 13.7. The zero-order valence-corrected chi connectivity index (χ0v) is 13.6. The van der Waals surface area contributed by atoms with E-state index < -0.39 is 0 Å². The van der Waals surface area contributed by atoms with Crippen LogP contribution in [0.5, 0.6) is 5.75 Å². The fraction of sp³-hybridized carbons (Fsp3) is 0.562. The predicted octanol–water partition coefficient (Wildman–Crippen LogP) is 2.84. The van der Waals surface area contributed by atoms with Crippen molar-refractivity contribution in [3.8, 4) is 5.75 Å². The summed E-state index contributed by atoms with van der Waals surface area (Å²) in [5, 5.41) is 4.09. The van der Waals surface area contributed by atoms with E-state index in [4.69, 9.17) is 16.3 Å². The summed E-state index contributed by atoms with van der Waals surface area (Å²) in [6.07, 6.45) is 2.44. The number of hydrogen-bond donors (Lipinski definition) is 1. The molecule has 21 heavy (non-hydrogen) atoms. The highest BCUT2D eigenvalue weighted by molar-refractivity contribution is 6.31. The lowest BCUT2D eigenvalue weighted by molar-refractivity contribution is -0.133. The van der Waals surface area contributed by atoms with Gasteiger partial charge in [-0.15, -0.1) is 0 Å². The van der Waals surface area contributed by atoms with E-state index in [0.29, 0.717) is 23.4 Å². The van der Waals surface area contributed by atoms with Crippen LogP contribution in [0.25, 0.3) is 0 Å². The van der Waals surface area contributed by atoms with Crippen LogP contribution in [0.1, 0.15) is 32.3 Å². The molecular formula is C16H23ClN2O2. The van der Waals surface area contributed by atoms with Gasteiger partial charge in [-0.25, -0.2) is 0 Å². The monoisotopic (exact) mass is 310 g/mol. The number of nitrogens with zero attached hydrogens (tertiary/aromatic N) is 1. The van der Waals surface area contributed by atoms with Crippen LogP contribution in [-0.2, 0) is 11.3 Å². The van der Waals surface area contributed by atoms with Gasteiger partial charge in [0, 0.05) is 36.3 Å². The van der Waals surface area contributed by atoms with Crippen molar-refractivity contribution in [1.82, 2.24) is 10.2 Å². The number of likely N-dealkylation sites (N-methyl/N-ethyl adjacent to an activating group) is 1. The second-order valence-corrected chi connectivity index (χ2v) is 6.17. The third kappa shape index (κ3) is 4.61. The van der Waals surface area contributed by atoms with Crippen molar-refractivity contribution in [2.45, 2.75) is 45.3 Å². The summed E-state index contributed by atoms with van der Waals surface area (Å²) in [6, 6.07) is 6.31. The molecule has 0 aromatic heterocycles. The third-order valence-electron chi connectivity index (χ3n) is 3.74. The quantitative estimate of drug-likeness (QED) is 0.842. The number of carbonyl (C=O) groups is 1. The van der Waals surface area contributed by atoms with E-state index in [9.17, 15) is 4.79 Å². The van der Waals surface area contributed by atoms with Crippen LogP contribution in [0.3, 0.4) is 0 Å². The normalized spacial score (nSPS) is 14.3. The average Bonchev–Trinajstić information content (AvgIpc) is 3.26. The number of benzene rings is 1. The number of carbonyl (C=O) groups excluding carboxylic acids is 1. The zero-order chi connectivity index (χ0) is 15.4. The smallest absolute Gasteiger partial charge is 0.260 e. The molecule has 0 bridgehead atoms. The number of amides is 1. The van der Waals surface area contributed by atoms with Crippen molar-refractivity contribution in [3.63, 3.8) is 0 Å². The summed E-state index contributed by atoms with van der Waals surface area (Å²) >= 11 is 6.25. The highest BCUT2D eigenvalue weighted by atomic mass is 35.5. The highest BCUT2D eigenvalue weighted by Crippen LogP contribution is 2.28. The molecule has 116 valence electrons. The molecule has 1 N–H and O–H groups in total. The number of halogens is 1. The largest absolute Gasteiger partial charge is 0.483 e. The first-order valence-electron chi connectivity index (χ1n) is 7.38. The van der Waals surface area contributed by atoms with Gasteiger partial charge in [0.05, 0.1) is 0 Å². The second kappa shape index (κ2) is 7.14. The van der Waals surface area contributed by atoms with Crippen molar-refractivity contribution in [2.24, 2.45) is 0 Å². The van der Waals surface area contributed by atoms with Crippen LogP contribution in [-0.4, -0.2) is 36.5 Å². The van der Waals surface area contributed by atoms with Gasteiger partial charge in [0.1, 0.15) is 5.75 Å². The molecule has 0 saturated heterocycles. The Morgan fingerprint density at radius 2 is 2.19 bits per heavy atom. The van der Waals surface area contributed by atoms with E-state index in [1.54, 1.807) is 11.9 Å². The summed E-state index contributed by atoms with van der Waals surface area (Å²) in [5.74, 6) is 0.646. The van der Waals surface area contributed by atoms with Gasteiger partial charge in [0.25, 0.3) is 5.91 Å². The standard InChI is InChI=1S/C16H23ClN2O2/c1-11(2)19(3)16(20)10-21-15-6-4-5-14(17)13(15)9-18-12-7-8-12/h4-6,11-12,18H,7-10H2,1-3H3. The minimum Gasteiger partial charge on any atom is -0.483 e. The molecule has 1 aliphatic carbocycles. The van der Waals surface area contributed by atoms with Crippen LogP contribution in [0.2, 0.25) is 5.02 Å². The maximum atomic E-state index is 12.0. The molecule has 4 nitrogen and oxygen atoms in total. The molecule has 0 atom stereocenters. The lowest BCUT2D eigenvalue weighted by atomic mass is 10.2. The lowest BCUT2D eigenvalue weighted by Crippen LogP contribution is -2.36. The molecule has 0 radical (unpaired) electrons. The van der Waals surface area contributed by atoms with Gasteiger partial charge in [0.15, 0.2) is 6.61 Å². The first kappa shape index (κ1) is 16.1. The molecule has 0 aliphatic heterocycles. The molecule has 1 fully saturated rings. The Labute approximate surface area is 131 Å². The lowest BCUT2D eigenvalue weighted by Gasteiger charge is -2.22. The van der Waals surface area contributed by atoms with Crippen LogP contribution in [0, 0.1) is 0 Å². The Kier molecular flexibility index (Phi) is 5.48. The van der Waals surface area contributed by atoms with Crippen LogP contribution in [0.15, 0.2) is 18.2 Å². The Balaban J connectivity index is 1.98. The van der Waals surface area contributed by atoms with Gasteiger partial charge in [-0.3, -0.25) is 4.79 Å². The number of ether oxygens (including phenoxy) is 1. The fourth-order valence-electron chi connectivity index (χ4n) is 1.91.